The van der Waals surface area contributed by atoms with Gasteiger partial charge in [-0.3, -0.25) is 4.98 Å². The van der Waals surface area contributed by atoms with Crippen LogP contribution in [0.25, 0.3) is 11.0 Å². The molecule has 14 heavy (non-hydrogen) atoms. The van der Waals surface area contributed by atoms with E-state index in [0.717, 1.165) is 23.3 Å². The Morgan fingerprint density at radius 1 is 1.29 bits per heavy atom. The minimum atomic E-state index is -0.184. The van der Waals surface area contributed by atoms with Gasteiger partial charge in [-0.15, -0.1) is 0 Å². The van der Waals surface area contributed by atoms with Crippen molar-refractivity contribution >= 4 is 11.0 Å². The van der Waals surface area contributed by atoms with Gasteiger partial charge in [0.25, 0.3) is 0 Å². The van der Waals surface area contributed by atoms with Crippen molar-refractivity contribution in [2.45, 2.75) is 12.5 Å². The summed E-state index contributed by atoms with van der Waals surface area (Å²) >= 11 is 0. The number of hydrogen-bond acceptors (Lipinski definition) is 3. The van der Waals surface area contributed by atoms with E-state index in [9.17, 15) is 0 Å². The number of fused-ring (bicyclic) bond motifs is 1. The molecule has 0 radical (unpaired) electrons. The summed E-state index contributed by atoms with van der Waals surface area (Å²) in [6, 6.07) is 7.86. The molecule has 1 fully saturated rings. The molecule has 3 heteroatoms. The fraction of sp³-hybridized carbons (Fsp3) is 0.273. The van der Waals surface area contributed by atoms with E-state index < -0.39 is 0 Å². The first-order valence-corrected chi connectivity index (χ1v) is 4.64. The molecule has 2 aromatic rings. The molecule has 1 aliphatic rings. The summed E-state index contributed by atoms with van der Waals surface area (Å²) in [4.78, 5) is 8.87. The van der Waals surface area contributed by atoms with Gasteiger partial charge in [-0.05, 0) is 19.1 Å². The lowest BCUT2D eigenvalue weighted by atomic mass is 10.1. The number of rotatable bonds is 1. The van der Waals surface area contributed by atoms with E-state index >= 15 is 0 Å². The zero-order valence-electron chi connectivity index (χ0n) is 7.90. The van der Waals surface area contributed by atoms with E-state index in [2.05, 4.69) is 9.97 Å². The van der Waals surface area contributed by atoms with Crippen LogP contribution in [0.1, 0.15) is 12.6 Å². The molecular weight excluding hydrogens is 176 g/mol. The maximum atomic E-state index is 5.33. The molecule has 1 saturated heterocycles. The number of para-hydroxylation sites is 2. The Labute approximate surface area is 81.8 Å². The Bertz CT molecular complexity index is 491. The summed E-state index contributed by atoms with van der Waals surface area (Å²) in [5.41, 5.74) is 2.61. The predicted octanol–water partition coefficient (Wildman–Crippen LogP) is 1.88. The van der Waals surface area contributed by atoms with Crippen LogP contribution in [0, 0.1) is 0 Å². The molecule has 3 rings (SSSR count). The average molecular weight is 186 g/mol. The van der Waals surface area contributed by atoms with E-state index in [-0.39, 0.29) is 5.60 Å². The number of hydrogen-bond donors (Lipinski definition) is 0. The second-order valence-electron chi connectivity index (χ2n) is 3.76. The molecule has 70 valence electrons. The van der Waals surface area contributed by atoms with Gasteiger partial charge >= 0.3 is 0 Å². The zero-order valence-corrected chi connectivity index (χ0v) is 7.90. The molecular formula is C11H10N2O. The minimum absolute atomic E-state index is 0.184. The summed E-state index contributed by atoms with van der Waals surface area (Å²) < 4.78 is 5.33. The van der Waals surface area contributed by atoms with Gasteiger partial charge in [-0.2, -0.15) is 0 Å². The second-order valence-corrected chi connectivity index (χ2v) is 3.76. The number of nitrogens with zero attached hydrogens (tertiary/aromatic N) is 2. The van der Waals surface area contributed by atoms with Gasteiger partial charge in [0.15, 0.2) is 0 Å². The Hall–Kier alpha value is -1.48. The topological polar surface area (TPSA) is 38.3 Å². The van der Waals surface area contributed by atoms with E-state index in [1.165, 1.54) is 0 Å². The standard InChI is InChI=1S/C11H10N2O/c1-11(7-14-11)10-6-12-8-4-2-3-5-9(8)13-10/h2-6H,7H2,1H3. The van der Waals surface area contributed by atoms with Crippen molar-refractivity contribution in [1.29, 1.82) is 0 Å². The third kappa shape index (κ3) is 1.09. The van der Waals surface area contributed by atoms with Crippen molar-refractivity contribution in [3.05, 3.63) is 36.2 Å². The maximum Gasteiger partial charge on any atom is 0.132 e. The highest BCUT2D eigenvalue weighted by Crippen LogP contribution is 2.36. The number of benzene rings is 1. The van der Waals surface area contributed by atoms with Crippen LogP contribution in [-0.4, -0.2) is 16.6 Å². The lowest BCUT2D eigenvalue weighted by Gasteiger charge is -2.04. The van der Waals surface area contributed by atoms with Crippen LogP contribution < -0.4 is 0 Å². The summed E-state index contributed by atoms with van der Waals surface area (Å²) in [6.07, 6.45) is 1.80. The molecule has 0 aliphatic carbocycles. The van der Waals surface area contributed by atoms with Crippen LogP contribution in [-0.2, 0) is 10.3 Å². The van der Waals surface area contributed by atoms with Gasteiger partial charge in [-0.1, -0.05) is 12.1 Å². The zero-order chi connectivity index (χ0) is 9.60. The average Bonchev–Trinajstić information content (AvgIpc) is 2.97. The molecule has 0 N–H and O–H groups in total. The summed E-state index contributed by atoms with van der Waals surface area (Å²) in [5.74, 6) is 0. The third-order valence-electron chi connectivity index (χ3n) is 2.57. The molecule has 1 unspecified atom stereocenters. The number of ether oxygens (including phenoxy) is 1. The monoisotopic (exact) mass is 186 g/mol. The van der Waals surface area contributed by atoms with Crippen LogP contribution >= 0.6 is 0 Å². The molecule has 3 nitrogen and oxygen atoms in total. The van der Waals surface area contributed by atoms with E-state index in [1.54, 1.807) is 6.20 Å². The van der Waals surface area contributed by atoms with Gasteiger partial charge in [-0.25, -0.2) is 4.98 Å². The van der Waals surface area contributed by atoms with Crippen LogP contribution in [0.3, 0.4) is 0 Å². The van der Waals surface area contributed by atoms with Crippen molar-refractivity contribution in [1.82, 2.24) is 9.97 Å². The van der Waals surface area contributed by atoms with E-state index in [4.69, 9.17) is 4.74 Å². The van der Waals surface area contributed by atoms with Gasteiger partial charge in [0.1, 0.15) is 5.60 Å². The maximum absolute atomic E-state index is 5.33. The minimum Gasteiger partial charge on any atom is -0.363 e. The van der Waals surface area contributed by atoms with Crippen LogP contribution in [0.2, 0.25) is 0 Å². The fourth-order valence-electron chi connectivity index (χ4n) is 1.47. The smallest absolute Gasteiger partial charge is 0.132 e. The highest BCUT2D eigenvalue weighted by atomic mass is 16.6. The van der Waals surface area contributed by atoms with Gasteiger partial charge in [0.2, 0.25) is 0 Å². The van der Waals surface area contributed by atoms with Crippen molar-refractivity contribution in [2.75, 3.05) is 6.61 Å². The molecule has 0 saturated carbocycles. The predicted molar refractivity (Wildman–Crippen MR) is 52.8 cm³/mol. The molecule has 0 bridgehead atoms. The molecule has 1 aromatic carbocycles. The number of aromatic nitrogens is 2. The van der Waals surface area contributed by atoms with Crippen molar-refractivity contribution in [3.63, 3.8) is 0 Å². The lowest BCUT2D eigenvalue weighted by Crippen LogP contribution is -2.05. The molecule has 1 aromatic heterocycles. The van der Waals surface area contributed by atoms with Gasteiger partial charge < -0.3 is 4.74 Å². The Kier molecular flexibility index (Phi) is 1.42. The molecule has 1 atom stereocenters. The molecule has 2 heterocycles. The molecule has 1 aliphatic heterocycles. The Morgan fingerprint density at radius 2 is 2.00 bits per heavy atom. The highest BCUT2D eigenvalue weighted by Gasteiger charge is 2.43. The third-order valence-corrected chi connectivity index (χ3v) is 2.57. The first-order chi connectivity index (χ1) is 6.78. The van der Waals surface area contributed by atoms with Gasteiger partial charge in [0.05, 0.1) is 29.5 Å². The van der Waals surface area contributed by atoms with Crippen LogP contribution in [0.5, 0.6) is 0 Å². The normalized spacial score (nSPS) is 25.2. The van der Waals surface area contributed by atoms with Crippen LogP contribution in [0.15, 0.2) is 30.5 Å². The lowest BCUT2D eigenvalue weighted by molar-refractivity contribution is 0.324. The fourth-order valence-corrected chi connectivity index (χ4v) is 1.47. The van der Waals surface area contributed by atoms with E-state index in [0.29, 0.717) is 0 Å². The van der Waals surface area contributed by atoms with Crippen molar-refractivity contribution in [2.24, 2.45) is 0 Å². The van der Waals surface area contributed by atoms with E-state index in [1.807, 2.05) is 31.2 Å². The van der Waals surface area contributed by atoms with Crippen molar-refractivity contribution in [3.8, 4) is 0 Å². The molecule has 0 amide bonds. The quantitative estimate of drug-likeness (QED) is 0.638. The Balaban J connectivity index is 2.20. The first-order valence-electron chi connectivity index (χ1n) is 4.64. The first kappa shape index (κ1) is 7.88. The summed E-state index contributed by atoms with van der Waals surface area (Å²) in [5, 5.41) is 0. The SMILES string of the molecule is CC1(c2cnc3ccccc3n2)CO1. The highest BCUT2D eigenvalue weighted by molar-refractivity contribution is 5.73. The molecule has 0 spiro atoms. The Morgan fingerprint density at radius 3 is 2.71 bits per heavy atom. The number of epoxide rings is 1. The van der Waals surface area contributed by atoms with Crippen LogP contribution in [0.4, 0.5) is 0 Å². The summed E-state index contributed by atoms with van der Waals surface area (Å²) in [7, 11) is 0. The largest absolute Gasteiger partial charge is 0.363 e. The second kappa shape index (κ2) is 2.51. The summed E-state index contributed by atoms with van der Waals surface area (Å²) in [6.45, 7) is 2.78. The van der Waals surface area contributed by atoms with Crippen molar-refractivity contribution < 1.29 is 4.74 Å². The van der Waals surface area contributed by atoms with Gasteiger partial charge in [0, 0.05) is 0 Å².